The second-order valence-electron chi connectivity index (χ2n) is 6.46. The van der Waals surface area contributed by atoms with Gasteiger partial charge < -0.3 is 24.0 Å². The predicted octanol–water partition coefficient (Wildman–Crippen LogP) is 2.48. The SMILES string of the molecule is Cc1c(-c2cc3cc(OCC=C4NC(=O)NC4=O)ccc3o2)oc(=O)c(C)c1O. The van der Waals surface area contributed by atoms with Gasteiger partial charge in [-0.25, -0.2) is 9.59 Å². The van der Waals surface area contributed by atoms with Crippen LogP contribution in [0.5, 0.6) is 11.5 Å². The molecule has 3 heterocycles. The number of aromatic hydroxyl groups is 1. The van der Waals surface area contributed by atoms with Crippen LogP contribution in [0.4, 0.5) is 4.79 Å². The van der Waals surface area contributed by atoms with E-state index in [1.165, 1.54) is 13.0 Å². The standard InChI is InChI=1S/C20H16N2O7/c1-9-16(23)10(2)19(25)29-17(9)15-8-11-7-12(3-4-14(11)28-15)27-6-5-13-18(24)22-20(26)21-13/h3-5,7-8,23H,6H2,1-2H3,(H2,21,22,24,26). The minimum Gasteiger partial charge on any atom is -0.507 e. The van der Waals surface area contributed by atoms with Crippen molar-refractivity contribution in [3.05, 3.63) is 57.6 Å². The number of amides is 3. The van der Waals surface area contributed by atoms with E-state index in [-0.39, 0.29) is 29.4 Å². The zero-order valence-electron chi connectivity index (χ0n) is 15.5. The molecule has 0 aliphatic carbocycles. The highest BCUT2D eigenvalue weighted by Gasteiger charge is 2.22. The van der Waals surface area contributed by atoms with Crippen molar-refractivity contribution in [1.82, 2.24) is 10.6 Å². The molecular formula is C20H16N2O7. The molecule has 0 atom stereocenters. The molecule has 0 spiro atoms. The summed E-state index contributed by atoms with van der Waals surface area (Å²) in [5.41, 5.74) is 0.575. The Bertz CT molecular complexity index is 1250. The first kappa shape index (κ1) is 18.4. The van der Waals surface area contributed by atoms with Gasteiger partial charge in [-0.3, -0.25) is 10.1 Å². The number of ether oxygens (including phenoxy) is 1. The van der Waals surface area contributed by atoms with E-state index in [9.17, 15) is 19.5 Å². The van der Waals surface area contributed by atoms with Crippen LogP contribution in [0.25, 0.3) is 22.5 Å². The van der Waals surface area contributed by atoms with Crippen molar-refractivity contribution in [2.75, 3.05) is 6.61 Å². The molecular weight excluding hydrogens is 380 g/mol. The molecule has 9 nitrogen and oxygen atoms in total. The number of urea groups is 1. The zero-order chi connectivity index (χ0) is 20.7. The summed E-state index contributed by atoms with van der Waals surface area (Å²) in [6, 6.07) is 6.18. The fourth-order valence-electron chi connectivity index (χ4n) is 2.94. The number of rotatable bonds is 4. The normalized spacial score (nSPS) is 15.0. The zero-order valence-corrected chi connectivity index (χ0v) is 15.5. The lowest BCUT2D eigenvalue weighted by Gasteiger charge is -2.05. The van der Waals surface area contributed by atoms with Crippen LogP contribution in [0.1, 0.15) is 11.1 Å². The van der Waals surface area contributed by atoms with Gasteiger partial charge in [0, 0.05) is 10.9 Å². The molecule has 1 aliphatic rings. The van der Waals surface area contributed by atoms with Crippen LogP contribution in [0.2, 0.25) is 0 Å². The predicted molar refractivity (Wildman–Crippen MR) is 102 cm³/mol. The summed E-state index contributed by atoms with van der Waals surface area (Å²) < 4.78 is 16.6. The maximum absolute atomic E-state index is 11.9. The number of imide groups is 1. The number of furan rings is 1. The molecule has 29 heavy (non-hydrogen) atoms. The molecule has 1 aromatic carbocycles. The van der Waals surface area contributed by atoms with Crippen LogP contribution in [0.15, 0.2) is 49.7 Å². The van der Waals surface area contributed by atoms with E-state index < -0.39 is 17.6 Å². The number of carbonyl (C=O) groups excluding carboxylic acids is 2. The molecule has 2 aromatic heterocycles. The topological polar surface area (TPSA) is 131 Å². The van der Waals surface area contributed by atoms with Gasteiger partial charge in [-0.1, -0.05) is 0 Å². The van der Waals surface area contributed by atoms with E-state index in [4.69, 9.17) is 13.6 Å². The molecule has 0 bridgehead atoms. The lowest BCUT2D eigenvalue weighted by atomic mass is 10.1. The second-order valence-corrected chi connectivity index (χ2v) is 6.46. The van der Waals surface area contributed by atoms with E-state index in [0.717, 1.165) is 0 Å². The Kier molecular flexibility index (Phi) is 4.34. The monoisotopic (exact) mass is 396 g/mol. The number of hydrogen-bond acceptors (Lipinski definition) is 7. The Labute approximate surface area is 163 Å². The smallest absolute Gasteiger partial charge is 0.343 e. The van der Waals surface area contributed by atoms with Gasteiger partial charge in [-0.15, -0.1) is 0 Å². The highest BCUT2D eigenvalue weighted by molar-refractivity contribution is 6.11. The molecule has 0 unspecified atom stereocenters. The van der Waals surface area contributed by atoms with Gasteiger partial charge in [0.1, 0.15) is 29.4 Å². The van der Waals surface area contributed by atoms with Crippen molar-refractivity contribution in [1.29, 1.82) is 0 Å². The van der Waals surface area contributed by atoms with Gasteiger partial charge in [0.15, 0.2) is 11.5 Å². The van der Waals surface area contributed by atoms with Crippen molar-refractivity contribution in [2.45, 2.75) is 13.8 Å². The molecule has 3 aromatic rings. The van der Waals surface area contributed by atoms with Crippen LogP contribution in [-0.2, 0) is 4.79 Å². The fraction of sp³-hybridized carbons (Fsp3) is 0.150. The lowest BCUT2D eigenvalue weighted by molar-refractivity contribution is -0.115. The summed E-state index contributed by atoms with van der Waals surface area (Å²) in [5, 5.41) is 15.3. The van der Waals surface area contributed by atoms with Crippen molar-refractivity contribution >= 4 is 22.9 Å². The van der Waals surface area contributed by atoms with Gasteiger partial charge in [0.25, 0.3) is 5.91 Å². The molecule has 1 fully saturated rings. The molecule has 9 heteroatoms. The first-order valence-electron chi connectivity index (χ1n) is 8.66. The summed E-state index contributed by atoms with van der Waals surface area (Å²) >= 11 is 0. The third kappa shape index (κ3) is 3.33. The van der Waals surface area contributed by atoms with Gasteiger partial charge in [0.2, 0.25) is 0 Å². The summed E-state index contributed by atoms with van der Waals surface area (Å²) in [4.78, 5) is 34.4. The maximum atomic E-state index is 11.9. The van der Waals surface area contributed by atoms with Crippen molar-refractivity contribution in [3.63, 3.8) is 0 Å². The van der Waals surface area contributed by atoms with Crippen LogP contribution in [0, 0.1) is 13.8 Å². The Morgan fingerprint density at radius 3 is 2.59 bits per heavy atom. The Balaban J connectivity index is 1.59. The van der Waals surface area contributed by atoms with Crippen LogP contribution >= 0.6 is 0 Å². The number of hydrogen-bond donors (Lipinski definition) is 3. The number of nitrogens with one attached hydrogen (secondary N) is 2. The van der Waals surface area contributed by atoms with Crippen molar-refractivity contribution in [2.24, 2.45) is 0 Å². The largest absolute Gasteiger partial charge is 0.507 e. The molecule has 4 rings (SSSR count). The van der Waals surface area contributed by atoms with Crippen LogP contribution in [0.3, 0.4) is 0 Å². The second kappa shape index (κ2) is 6.86. The van der Waals surface area contributed by atoms with Gasteiger partial charge in [-0.05, 0) is 44.2 Å². The minimum absolute atomic E-state index is 0.0685. The van der Waals surface area contributed by atoms with E-state index in [1.807, 2.05) is 0 Å². The Hall–Kier alpha value is -4.01. The van der Waals surface area contributed by atoms with E-state index in [1.54, 1.807) is 31.2 Å². The van der Waals surface area contributed by atoms with Crippen molar-refractivity contribution < 1.29 is 28.3 Å². The highest BCUT2D eigenvalue weighted by atomic mass is 16.5. The van der Waals surface area contributed by atoms with E-state index in [2.05, 4.69) is 10.6 Å². The highest BCUT2D eigenvalue weighted by Crippen LogP contribution is 2.34. The third-order valence-corrected chi connectivity index (χ3v) is 4.52. The average molecular weight is 396 g/mol. The first-order valence-corrected chi connectivity index (χ1v) is 8.66. The fourth-order valence-corrected chi connectivity index (χ4v) is 2.94. The quantitative estimate of drug-likeness (QED) is 0.456. The molecule has 1 saturated heterocycles. The molecule has 3 amide bonds. The van der Waals surface area contributed by atoms with Gasteiger partial charge in [0.05, 0.1) is 5.56 Å². The van der Waals surface area contributed by atoms with Crippen molar-refractivity contribution in [3.8, 4) is 23.0 Å². The third-order valence-electron chi connectivity index (χ3n) is 4.52. The Morgan fingerprint density at radius 2 is 1.86 bits per heavy atom. The van der Waals surface area contributed by atoms with E-state index >= 15 is 0 Å². The molecule has 0 saturated carbocycles. The maximum Gasteiger partial charge on any atom is 0.343 e. The molecule has 1 aliphatic heterocycles. The summed E-state index contributed by atoms with van der Waals surface area (Å²) in [6.07, 6.45) is 1.46. The Morgan fingerprint density at radius 1 is 1.07 bits per heavy atom. The summed E-state index contributed by atoms with van der Waals surface area (Å²) in [7, 11) is 0. The summed E-state index contributed by atoms with van der Waals surface area (Å²) in [6.45, 7) is 3.18. The number of fused-ring (bicyclic) bond motifs is 1. The van der Waals surface area contributed by atoms with Crippen LogP contribution in [-0.4, -0.2) is 23.7 Å². The number of benzene rings is 1. The van der Waals surface area contributed by atoms with Gasteiger partial charge >= 0.3 is 11.7 Å². The lowest BCUT2D eigenvalue weighted by Crippen LogP contribution is -2.22. The number of carbonyl (C=O) groups is 2. The average Bonchev–Trinajstić information content (AvgIpc) is 3.25. The van der Waals surface area contributed by atoms with E-state index in [0.29, 0.717) is 28.0 Å². The van der Waals surface area contributed by atoms with Gasteiger partial charge in [-0.2, -0.15) is 0 Å². The first-order chi connectivity index (χ1) is 13.8. The molecule has 148 valence electrons. The molecule has 3 N–H and O–H groups in total. The molecule has 0 radical (unpaired) electrons. The summed E-state index contributed by atoms with van der Waals surface area (Å²) in [5.74, 6) is 0.332. The van der Waals surface area contributed by atoms with Crippen LogP contribution < -0.4 is 21.0 Å². The minimum atomic E-state index is -0.636.